The molecule has 0 amide bonds. The number of hydrogen-bond donors (Lipinski definition) is 1. The van der Waals surface area contributed by atoms with Crippen LogP contribution in [0.25, 0.3) is 0 Å². The molecular weight excluding hydrogens is 202 g/mol. The van der Waals surface area contributed by atoms with Gasteiger partial charge < -0.3 is 5.32 Å². The minimum Gasteiger partial charge on any atom is -0.308 e. The highest BCUT2D eigenvalue weighted by Gasteiger charge is 1.98. The van der Waals surface area contributed by atoms with Crippen molar-refractivity contribution in [2.24, 2.45) is 0 Å². The van der Waals surface area contributed by atoms with Gasteiger partial charge in [-0.2, -0.15) is 0 Å². The smallest absolute Gasteiger partial charge is 0.0305 e. The summed E-state index contributed by atoms with van der Waals surface area (Å²) in [5, 5.41) is 5.60. The van der Waals surface area contributed by atoms with Gasteiger partial charge in [0.15, 0.2) is 0 Å². The zero-order chi connectivity index (χ0) is 10.5. The van der Waals surface area contributed by atoms with Gasteiger partial charge in [0.2, 0.25) is 0 Å². The molecule has 0 radical (unpaired) electrons. The average molecular weight is 217 g/mol. The van der Waals surface area contributed by atoms with E-state index in [1.165, 1.54) is 16.0 Å². The molecule has 2 heteroatoms. The zero-order valence-corrected chi connectivity index (χ0v) is 9.68. The fourth-order valence-corrected chi connectivity index (χ4v) is 2.38. The predicted molar refractivity (Wildman–Crippen MR) is 66.0 cm³/mol. The molecule has 0 aliphatic carbocycles. The lowest BCUT2D eigenvalue weighted by atomic mass is 10.2. The van der Waals surface area contributed by atoms with Gasteiger partial charge in [0.05, 0.1) is 0 Å². The summed E-state index contributed by atoms with van der Waals surface area (Å²) >= 11 is 1.82. The Labute approximate surface area is 94.8 Å². The molecule has 2 aromatic rings. The van der Waals surface area contributed by atoms with E-state index >= 15 is 0 Å². The molecule has 0 saturated carbocycles. The molecule has 0 fully saturated rings. The topological polar surface area (TPSA) is 12.0 Å². The van der Waals surface area contributed by atoms with Gasteiger partial charge in [-0.05, 0) is 29.5 Å². The molecule has 1 heterocycles. The molecule has 0 aliphatic heterocycles. The average Bonchev–Trinajstić information content (AvgIpc) is 2.66. The van der Waals surface area contributed by atoms with Gasteiger partial charge >= 0.3 is 0 Å². The lowest BCUT2D eigenvalue weighted by molar-refractivity contribution is 0.699. The van der Waals surface area contributed by atoms with Crippen molar-refractivity contribution in [2.45, 2.75) is 20.0 Å². The lowest BCUT2D eigenvalue weighted by Crippen LogP contribution is -2.12. The highest BCUT2D eigenvalue weighted by molar-refractivity contribution is 7.10. The molecule has 1 aromatic carbocycles. The first kappa shape index (κ1) is 10.4. The Morgan fingerprint density at radius 1 is 1.07 bits per heavy atom. The summed E-state index contributed by atoms with van der Waals surface area (Å²) in [6, 6.07) is 12.7. The quantitative estimate of drug-likeness (QED) is 0.828. The maximum atomic E-state index is 3.46. The number of nitrogens with one attached hydrogen (secondary N) is 1. The SMILES string of the molecule is Cc1ccsc1CNCc1ccccc1. The van der Waals surface area contributed by atoms with Gasteiger partial charge in [0.1, 0.15) is 0 Å². The van der Waals surface area contributed by atoms with Crippen LogP contribution in [0.3, 0.4) is 0 Å². The first-order valence-corrected chi connectivity index (χ1v) is 6.02. The summed E-state index contributed by atoms with van der Waals surface area (Å²) in [5.74, 6) is 0. The second kappa shape index (κ2) is 5.10. The number of benzene rings is 1. The van der Waals surface area contributed by atoms with E-state index in [1.54, 1.807) is 0 Å². The molecule has 0 saturated heterocycles. The molecule has 0 atom stereocenters. The minimum absolute atomic E-state index is 0.943. The van der Waals surface area contributed by atoms with Crippen LogP contribution < -0.4 is 5.32 Å². The highest BCUT2D eigenvalue weighted by atomic mass is 32.1. The van der Waals surface area contributed by atoms with Crippen molar-refractivity contribution in [1.29, 1.82) is 0 Å². The fourth-order valence-electron chi connectivity index (χ4n) is 1.50. The second-order valence-corrected chi connectivity index (χ2v) is 4.62. The van der Waals surface area contributed by atoms with Crippen molar-refractivity contribution in [3.8, 4) is 0 Å². The molecule has 1 N–H and O–H groups in total. The van der Waals surface area contributed by atoms with Crippen LogP contribution in [0.4, 0.5) is 0 Å². The van der Waals surface area contributed by atoms with Crippen molar-refractivity contribution >= 4 is 11.3 Å². The molecule has 2 rings (SSSR count). The van der Waals surface area contributed by atoms with E-state index in [-0.39, 0.29) is 0 Å². The molecule has 0 spiro atoms. The summed E-state index contributed by atoms with van der Waals surface area (Å²) in [4.78, 5) is 1.44. The van der Waals surface area contributed by atoms with Crippen molar-refractivity contribution in [3.63, 3.8) is 0 Å². The predicted octanol–water partition coefficient (Wildman–Crippen LogP) is 3.35. The molecule has 0 unspecified atom stereocenters. The summed E-state index contributed by atoms with van der Waals surface area (Å²) in [6.07, 6.45) is 0. The van der Waals surface area contributed by atoms with Crippen LogP contribution in [-0.2, 0) is 13.1 Å². The summed E-state index contributed by atoms with van der Waals surface area (Å²) < 4.78 is 0. The Bertz CT molecular complexity index is 405. The highest BCUT2D eigenvalue weighted by Crippen LogP contribution is 2.14. The van der Waals surface area contributed by atoms with Crippen LogP contribution in [0.2, 0.25) is 0 Å². The zero-order valence-electron chi connectivity index (χ0n) is 8.86. The van der Waals surface area contributed by atoms with Gasteiger partial charge in [-0.3, -0.25) is 0 Å². The Kier molecular flexibility index (Phi) is 3.54. The van der Waals surface area contributed by atoms with Crippen molar-refractivity contribution < 1.29 is 0 Å². The molecule has 0 bridgehead atoms. The number of hydrogen-bond acceptors (Lipinski definition) is 2. The molecular formula is C13H15NS. The maximum Gasteiger partial charge on any atom is 0.0305 e. The van der Waals surface area contributed by atoms with Gasteiger partial charge in [0.25, 0.3) is 0 Å². The molecule has 1 nitrogen and oxygen atoms in total. The molecule has 1 aromatic heterocycles. The number of aryl methyl sites for hydroxylation is 1. The Morgan fingerprint density at radius 2 is 1.87 bits per heavy atom. The van der Waals surface area contributed by atoms with E-state index in [9.17, 15) is 0 Å². The van der Waals surface area contributed by atoms with Crippen LogP contribution in [0.1, 0.15) is 16.0 Å². The van der Waals surface area contributed by atoms with E-state index in [0.717, 1.165) is 13.1 Å². The van der Waals surface area contributed by atoms with Gasteiger partial charge in [-0.25, -0.2) is 0 Å². The largest absolute Gasteiger partial charge is 0.308 e. The molecule has 78 valence electrons. The van der Waals surface area contributed by atoms with Crippen molar-refractivity contribution in [1.82, 2.24) is 5.32 Å². The third-order valence-electron chi connectivity index (χ3n) is 2.43. The van der Waals surface area contributed by atoms with E-state index in [1.807, 2.05) is 17.4 Å². The summed E-state index contributed by atoms with van der Waals surface area (Å²) in [7, 11) is 0. The normalized spacial score (nSPS) is 10.5. The molecule has 0 aliphatic rings. The van der Waals surface area contributed by atoms with Crippen molar-refractivity contribution in [3.05, 3.63) is 57.8 Å². The minimum atomic E-state index is 0.943. The molecule has 15 heavy (non-hydrogen) atoms. The van der Waals surface area contributed by atoms with Crippen LogP contribution >= 0.6 is 11.3 Å². The number of rotatable bonds is 4. The summed E-state index contributed by atoms with van der Waals surface area (Å²) in [6.45, 7) is 4.08. The van der Waals surface area contributed by atoms with Crippen LogP contribution in [0.5, 0.6) is 0 Å². The fraction of sp³-hybridized carbons (Fsp3) is 0.231. The third-order valence-corrected chi connectivity index (χ3v) is 3.45. The van der Waals surface area contributed by atoms with E-state index < -0.39 is 0 Å². The van der Waals surface area contributed by atoms with Crippen LogP contribution in [0.15, 0.2) is 41.8 Å². The second-order valence-electron chi connectivity index (χ2n) is 3.62. The summed E-state index contributed by atoms with van der Waals surface area (Å²) in [5.41, 5.74) is 2.73. The monoisotopic (exact) mass is 217 g/mol. The maximum absolute atomic E-state index is 3.46. The first-order chi connectivity index (χ1) is 7.36. The van der Waals surface area contributed by atoms with Gasteiger partial charge in [0, 0.05) is 18.0 Å². The van der Waals surface area contributed by atoms with Crippen LogP contribution in [0, 0.1) is 6.92 Å². The van der Waals surface area contributed by atoms with E-state index in [2.05, 4.69) is 48.0 Å². The number of thiophene rings is 1. The Morgan fingerprint density at radius 3 is 2.53 bits per heavy atom. The first-order valence-electron chi connectivity index (χ1n) is 5.14. The van der Waals surface area contributed by atoms with Gasteiger partial charge in [-0.1, -0.05) is 30.3 Å². The van der Waals surface area contributed by atoms with E-state index in [0.29, 0.717) is 0 Å². The third kappa shape index (κ3) is 2.91. The Balaban J connectivity index is 1.83. The van der Waals surface area contributed by atoms with Gasteiger partial charge in [-0.15, -0.1) is 11.3 Å². The Hall–Kier alpha value is -1.12. The van der Waals surface area contributed by atoms with Crippen molar-refractivity contribution in [2.75, 3.05) is 0 Å². The van der Waals surface area contributed by atoms with Crippen LogP contribution in [-0.4, -0.2) is 0 Å². The standard InChI is InChI=1S/C13H15NS/c1-11-7-8-15-13(11)10-14-9-12-5-3-2-4-6-12/h2-8,14H,9-10H2,1H3. The lowest BCUT2D eigenvalue weighted by Gasteiger charge is -2.03. The van der Waals surface area contributed by atoms with E-state index in [4.69, 9.17) is 0 Å².